The molecule has 1 amide bonds. The number of hydrogen-bond donors (Lipinski definition) is 1. The van der Waals surface area contributed by atoms with E-state index in [9.17, 15) is 4.79 Å². The summed E-state index contributed by atoms with van der Waals surface area (Å²) in [7, 11) is 6.12. The van der Waals surface area contributed by atoms with Crippen molar-refractivity contribution >= 4 is 17.3 Å². The summed E-state index contributed by atoms with van der Waals surface area (Å²) in [5.41, 5.74) is 2.01. The van der Waals surface area contributed by atoms with Crippen LogP contribution >= 0.6 is 0 Å². The Morgan fingerprint density at radius 2 is 2.05 bits per heavy atom. The van der Waals surface area contributed by atoms with E-state index in [-0.39, 0.29) is 5.91 Å². The van der Waals surface area contributed by atoms with Gasteiger partial charge in [0.1, 0.15) is 0 Å². The van der Waals surface area contributed by atoms with Gasteiger partial charge in [-0.05, 0) is 50.2 Å². The number of carbonyl (C=O) groups excluding carboxylic acids is 1. The fraction of sp³-hybridized carbons (Fsp3) is 0.533. The van der Waals surface area contributed by atoms with Crippen LogP contribution in [0.25, 0.3) is 0 Å². The number of amides is 1. The highest BCUT2D eigenvalue weighted by atomic mass is 16.1. The van der Waals surface area contributed by atoms with Crippen molar-refractivity contribution in [3.63, 3.8) is 0 Å². The number of anilines is 2. The summed E-state index contributed by atoms with van der Waals surface area (Å²) in [6.07, 6.45) is 1.75. The standard InChI is InChI=1S/C15H23N3O/c1-17(2)14-6-4-13(5-7-14)16-15(19)10-12-8-9-18(3)11-12/h4-7,12H,8-11H2,1-3H3,(H,16,19). The van der Waals surface area contributed by atoms with Crippen LogP contribution in [0.2, 0.25) is 0 Å². The topological polar surface area (TPSA) is 35.6 Å². The molecule has 1 aliphatic rings. The molecule has 1 N–H and O–H groups in total. The number of benzene rings is 1. The first-order valence-electron chi connectivity index (χ1n) is 6.80. The molecule has 1 saturated heterocycles. The molecular weight excluding hydrogens is 238 g/mol. The maximum Gasteiger partial charge on any atom is 0.224 e. The zero-order valence-electron chi connectivity index (χ0n) is 12.0. The highest BCUT2D eigenvalue weighted by molar-refractivity contribution is 5.91. The Morgan fingerprint density at radius 1 is 1.37 bits per heavy atom. The Bertz CT molecular complexity index is 428. The van der Waals surface area contributed by atoms with Gasteiger partial charge in [-0.25, -0.2) is 0 Å². The number of nitrogens with zero attached hydrogens (tertiary/aromatic N) is 2. The van der Waals surface area contributed by atoms with Crippen LogP contribution in [0.4, 0.5) is 11.4 Å². The molecule has 0 aromatic heterocycles. The van der Waals surface area contributed by atoms with E-state index in [1.54, 1.807) is 0 Å². The first kappa shape index (κ1) is 13.9. The molecule has 104 valence electrons. The summed E-state index contributed by atoms with van der Waals surface area (Å²) in [4.78, 5) is 16.3. The molecule has 1 aromatic rings. The first-order valence-corrected chi connectivity index (χ1v) is 6.80. The minimum absolute atomic E-state index is 0.123. The smallest absolute Gasteiger partial charge is 0.224 e. The maximum atomic E-state index is 12.0. The minimum Gasteiger partial charge on any atom is -0.378 e. The third kappa shape index (κ3) is 3.96. The summed E-state index contributed by atoms with van der Waals surface area (Å²) in [5.74, 6) is 0.629. The Balaban J connectivity index is 1.85. The SMILES string of the molecule is CN1CCC(CC(=O)Nc2ccc(N(C)C)cc2)C1. The zero-order valence-corrected chi connectivity index (χ0v) is 12.0. The Labute approximate surface area is 115 Å². The van der Waals surface area contributed by atoms with Gasteiger partial charge in [0.05, 0.1) is 0 Å². The second-order valence-corrected chi connectivity index (χ2v) is 5.61. The van der Waals surface area contributed by atoms with E-state index in [1.165, 1.54) is 0 Å². The molecule has 1 unspecified atom stereocenters. The van der Waals surface area contributed by atoms with Crippen molar-refractivity contribution in [2.75, 3.05) is 44.4 Å². The van der Waals surface area contributed by atoms with E-state index in [2.05, 4.69) is 17.3 Å². The second-order valence-electron chi connectivity index (χ2n) is 5.61. The van der Waals surface area contributed by atoms with Gasteiger partial charge in [0.15, 0.2) is 0 Å². The Hall–Kier alpha value is -1.55. The lowest BCUT2D eigenvalue weighted by atomic mass is 10.0. The first-order chi connectivity index (χ1) is 9.04. The molecule has 1 aromatic carbocycles. The van der Waals surface area contributed by atoms with Gasteiger partial charge in [-0.1, -0.05) is 0 Å². The van der Waals surface area contributed by atoms with Crippen LogP contribution in [0.5, 0.6) is 0 Å². The molecular formula is C15H23N3O. The molecule has 0 radical (unpaired) electrons. The molecule has 0 bridgehead atoms. The molecule has 2 rings (SSSR count). The lowest BCUT2D eigenvalue weighted by Crippen LogP contribution is -2.19. The molecule has 1 atom stereocenters. The number of carbonyl (C=O) groups is 1. The molecule has 1 heterocycles. The molecule has 4 heteroatoms. The summed E-state index contributed by atoms with van der Waals surface area (Å²) in [6, 6.07) is 7.93. The zero-order chi connectivity index (χ0) is 13.8. The summed E-state index contributed by atoms with van der Waals surface area (Å²) < 4.78 is 0. The van der Waals surface area contributed by atoms with Crippen LogP contribution in [0.1, 0.15) is 12.8 Å². The van der Waals surface area contributed by atoms with Gasteiger partial charge in [-0.3, -0.25) is 4.79 Å². The quantitative estimate of drug-likeness (QED) is 0.901. The summed E-state index contributed by atoms with van der Waals surface area (Å²) >= 11 is 0. The highest BCUT2D eigenvalue weighted by Gasteiger charge is 2.21. The van der Waals surface area contributed by atoms with Crippen molar-refractivity contribution in [2.24, 2.45) is 5.92 Å². The van der Waals surface area contributed by atoms with Crippen LogP contribution in [-0.2, 0) is 4.79 Å². The molecule has 1 fully saturated rings. The van der Waals surface area contributed by atoms with Crippen LogP contribution in [0.15, 0.2) is 24.3 Å². The molecule has 0 spiro atoms. The van der Waals surface area contributed by atoms with Gasteiger partial charge in [-0.2, -0.15) is 0 Å². The Morgan fingerprint density at radius 3 is 2.58 bits per heavy atom. The fourth-order valence-electron chi connectivity index (χ4n) is 2.51. The third-order valence-electron chi connectivity index (χ3n) is 3.63. The number of rotatable bonds is 4. The van der Waals surface area contributed by atoms with Gasteiger partial charge < -0.3 is 15.1 Å². The van der Waals surface area contributed by atoms with Crippen LogP contribution in [0.3, 0.4) is 0 Å². The van der Waals surface area contributed by atoms with Crippen molar-refractivity contribution in [3.05, 3.63) is 24.3 Å². The summed E-state index contributed by atoms with van der Waals surface area (Å²) in [5, 5.41) is 2.97. The van der Waals surface area contributed by atoms with Gasteiger partial charge in [-0.15, -0.1) is 0 Å². The predicted molar refractivity (Wildman–Crippen MR) is 79.6 cm³/mol. The lowest BCUT2D eigenvalue weighted by Gasteiger charge is -2.14. The largest absolute Gasteiger partial charge is 0.378 e. The van der Waals surface area contributed by atoms with E-state index in [1.807, 2.05) is 43.3 Å². The van der Waals surface area contributed by atoms with Crippen molar-refractivity contribution in [3.8, 4) is 0 Å². The maximum absolute atomic E-state index is 12.0. The van der Waals surface area contributed by atoms with Crippen molar-refractivity contribution in [2.45, 2.75) is 12.8 Å². The fourth-order valence-corrected chi connectivity index (χ4v) is 2.51. The van der Waals surface area contributed by atoms with Crippen LogP contribution in [-0.4, -0.2) is 45.0 Å². The summed E-state index contributed by atoms with van der Waals surface area (Å²) in [6.45, 7) is 2.14. The van der Waals surface area contributed by atoms with Crippen LogP contribution < -0.4 is 10.2 Å². The number of nitrogens with one attached hydrogen (secondary N) is 1. The van der Waals surface area contributed by atoms with Gasteiger partial charge in [0.2, 0.25) is 5.91 Å². The third-order valence-corrected chi connectivity index (χ3v) is 3.63. The van der Waals surface area contributed by atoms with E-state index in [0.717, 1.165) is 30.9 Å². The number of hydrogen-bond acceptors (Lipinski definition) is 3. The van der Waals surface area contributed by atoms with Gasteiger partial charge in [0, 0.05) is 38.4 Å². The van der Waals surface area contributed by atoms with Gasteiger partial charge >= 0.3 is 0 Å². The highest BCUT2D eigenvalue weighted by Crippen LogP contribution is 2.20. The average molecular weight is 261 g/mol. The van der Waals surface area contributed by atoms with Crippen molar-refractivity contribution in [1.82, 2.24) is 4.90 Å². The van der Waals surface area contributed by atoms with Crippen molar-refractivity contribution < 1.29 is 4.79 Å². The average Bonchev–Trinajstić information content (AvgIpc) is 2.75. The molecule has 0 saturated carbocycles. The molecule has 4 nitrogen and oxygen atoms in total. The van der Waals surface area contributed by atoms with E-state index >= 15 is 0 Å². The second kappa shape index (κ2) is 6.06. The predicted octanol–water partition coefficient (Wildman–Crippen LogP) is 2.03. The molecule has 19 heavy (non-hydrogen) atoms. The van der Waals surface area contributed by atoms with Gasteiger partial charge in [0.25, 0.3) is 0 Å². The molecule has 1 aliphatic heterocycles. The van der Waals surface area contributed by atoms with E-state index in [4.69, 9.17) is 0 Å². The monoisotopic (exact) mass is 261 g/mol. The lowest BCUT2D eigenvalue weighted by molar-refractivity contribution is -0.117. The number of likely N-dealkylation sites (tertiary alicyclic amines) is 1. The minimum atomic E-state index is 0.123. The Kier molecular flexibility index (Phi) is 4.43. The van der Waals surface area contributed by atoms with Crippen LogP contribution in [0, 0.1) is 5.92 Å². The molecule has 0 aliphatic carbocycles. The van der Waals surface area contributed by atoms with Crippen molar-refractivity contribution in [1.29, 1.82) is 0 Å². The van der Waals surface area contributed by atoms with E-state index in [0.29, 0.717) is 12.3 Å². The normalized spacial score (nSPS) is 19.4. The van der Waals surface area contributed by atoms with E-state index < -0.39 is 0 Å².